The summed E-state index contributed by atoms with van der Waals surface area (Å²) in [7, 11) is 0. The first-order valence-corrected chi connectivity index (χ1v) is 3.80. The molecule has 1 aromatic carbocycles. The van der Waals surface area contributed by atoms with Gasteiger partial charge in [-0.2, -0.15) is 0 Å². The largest absolute Gasteiger partial charge is 1.00 e. The van der Waals surface area contributed by atoms with Gasteiger partial charge in [-0.15, -0.1) is 0 Å². The van der Waals surface area contributed by atoms with Gasteiger partial charge in [-0.1, -0.05) is 37.4 Å². The van der Waals surface area contributed by atoms with Crippen LogP contribution in [-0.2, 0) is 25.2 Å². The Balaban J connectivity index is 0.00000144. The van der Waals surface area contributed by atoms with E-state index in [4.69, 9.17) is 0 Å². The maximum absolute atomic E-state index is 10.5. The van der Waals surface area contributed by atoms with Crippen LogP contribution in [0.5, 0.6) is 0 Å². The molecule has 0 heterocycles. The van der Waals surface area contributed by atoms with Gasteiger partial charge in [0.2, 0.25) is 5.69 Å². The van der Waals surface area contributed by atoms with Gasteiger partial charge < -0.3 is 9.90 Å². The molecular formula is C7H4NNaO2S2. The number of nitrogens with zero attached hydrogens (tertiary/aromatic N) is 1. The van der Waals surface area contributed by atoms with E-state index in [1.165, 1.54) is 12.1 Å². The Labute approximate surface area is 109 Å². The molecule has 0 saturated heterocycles. The molecule has 0 fully saturated rings. The van der Waals surface area contributed by atoms with Crippen LogP contribution in [-0.4, -0.2) is 9.32 Å². The number of benzene rings is 1. The summed E-state index contributed by atoms with van der Waals surface area (Å²) in [6.07, 6.45) is 0. The molecule has 6 heteroatoms. The van der Waals surface area contributed by atoms with E-state index in [1.54, 1.807) is 12.1 Å². The molecule has 62 valence electrons. The van der Waals surface area contributed by atoms with Gasteiger partial charge in [-0.3, -0.25) is 0 Å². The first-order chi connectivity index (χ1) is 5.63. The third kappa shape index (κ3) is 3.28. The van der Waals surface area contributed by atoms with E-state index in [0.29, 0.717) is 5.69 Å². The summed E-state index contributed by atoms with van der Waals surface area (Å²) in [6, 6.07) is 6.18. The van der Waals surface area contributed by atoms with E-state index in [2.05, 4.69) is 25.2 Å². The van der Waals surface area contributed by atoms with Gasteiger partial charge in [0.25, 0.3) is 0 Å². The molecule has 1 rings (SSSR count). The van der Waals surface area contributed by atoms with Crippen LogP contribution in [0, 0.1) is 0 Å². The molecule has 0 aliphatic heterocycles. The summed E-state index contributed by atoms with van der Waals surface area (Å²) < 4.78 is 0.908. The Morgan fingerprint density at radius 2 is 2.00 bits per heavy atom. The number of hydrogen-bond acceptors (Lipinski definition) is 4. The summed E-state index contributed by atoms with van der Waals surface area (Å²) in [6.45, 7) is 0. The van der Waals surface area contributed by atoms with Gasteiger partial charge in [0.05, 0.1) is 11.5 Å². The van der Waals surface area contributed by atoms with Crippen molar-refractivity contribution in [2.75, 3.05) is 0 Å². The molecule has 3 nitrogen and oxygen atoms in total. The van der Waals surface area contributed by atoms with Crippen molar-refractivity contribution in [3.05, 3.63) is 29.8 Å². The summed E-state index contributed by atoms with van der Waals surface area (Å²) in [5.41, 5.74) is 0.310. The maximum atomic E-state index is 10.5. The maximum Gasteiger partial charge on any atom is 1.00 e. The van der Waals surface area contributed by atoms with E-state index < -0.39 is 5.97 Å². The van der Waals surface area contributed by atoms with E-state index in [9.17, 15) is 9.90 Å². The molecule has 0 aromatic heterocycles. The average molecular weight is 221 g/mol. The number of para-hydroxylation sites is 1. The molecule has 0 atom stereocenters. The molecule has 0 N–H and O–H groups in total. The minimum Gasteiger partial charge on any atom is -0.545 e. The van der Waals surface area contributed by atoms with Gasteiger partial charge in [0.15, 0.2) is 0 Å². The van der Waals surface area contributed by atoms with E-state index in [0.717, 1.165) is 3.35 Å². The summed E-state index contributed by atoms with van der Waals surface area (Å²) in [5.74, 6) is -1.27. The Hall–Kier alpha value is -0.0700. The smallest absolute Gasteiger partial charge is 0.545 e. The molecular weight excluding hydrogens is 217 g/mol. The quantitative estimate of drug-likeness (QED) is 0.301. The molecule has 0 spiro atoms. The van der Waals surface area contributed by atoms with Crippen LogP contribution in [0.3, 0.4) is 0 Å². The van der Waals surface area contributed by atoms with Gasteiger partial charge in [0.1, 0.15) is 0 Å². The molecule has 0 saturated carbocycles. The minimum atomic E-state index is -1.27. The number of aromatic carboxylic acids is 1. The number of carbonyl (C=O) groups excluding carboxylic acids is 1. The summed E-state index contributed by atoms with van der Waals surface area (Å²) >= 11 is 9.22. The second-order valence-electron chi connectivity index (χ2n) is 2.06. The molecule has 0 radical (unpaired) electrons. The Morgan fingerprint density at radius 3 is 2.38 bits per heavy atom. The van der Waals surface area contributed by atoms with Gasteiger partial charge >= 0.3 is 29.6 Å². The Morgan fingerprint density at radius 1 is 1.46 bits per heavy atom. The predicted molar refractivity (Wildman–Crippen MR) is 45.4 cm³/mol. The van der Waals surface area contributed by atoms with E-state index >= 15 is 0 Å². The SMILES string of the molecule is O=C([O-])c1ccccc1[N+](=S)[S-].[Na+]. The van der Waals surface area contributed by atoms with Gasteiger partial charge in [-0.25, -0.2) is 3.35 Å². The summed E-state index contributed by atoms with van der Waals surface area (Å²) in [5, 5.41) is 10.5. The zero-order valence-corrected chi connectivity index (χ0v) is 10.5. The third-order valence-electron chi connectivity index (χ3n) is 1.32. The molecule has 0 bridgehead atoms. The molecule has 1 aromatic rings. The first kappa shape index (κ1) is 12.9. The second-order valence-corrected chi connectivity index (χ2v) is 3.02. The van der Waals surface area contributed by atoms with Crippen LogP contribution < -0.4 is 34.7 Å². The van der Waals surface area contributed by atoms with Crippen LogP contribution in [0.25, 0.3) is 0 Å². The standard InChI is InChI=1S/C7H5NO2S2.Na/c9-7(10)5-3-1-2-4-6(5)8(11)12;/h1-4H,(H,9,10);/q;+1/p-1. The minimum absolute atomic E-state index is 0. The average Bonchev–Trinajstić information content (AvgIpc) is 2.04. The fraction of sp³-hybridized carbons (Fsp3) is 0. The molecule has 0 amide bonds. The van der Waals surface area contributed by atoms with Crippen molar-refractivity contribution in [2.24, 2.45) is 0 Å². The molecule has 0 aliphatic rings. The van der Waals surface area contributed by atoms with Gasteiger partial charge in [0, 0.05) is 6.07 Å². The van der Waals surface area contributed by atoms with Crippen molar-refractivity contribution >= 4 is 36.9 Å². The van der Waals surface area contributed by atoms with Crippen LogP contribution in [0.1, 0.15) is 10.4 Å². The third-order valence-corrected chi connectivity index (χ3v) is 1.71. The number of rotatable bonds is 2. The fourth-order valence-electron chi connectivity index (χ4n) is 0.805. The summed E-state index contributed by atoms with van der Waals surface area (Å²) in [4.78, 5) is 10.5. The van der Waals surface area contributed by atoms with Crippen LogP contribution in [0.4, 0.5) is 5.69 Å². The molecule has 0 unspecified atom stereocenters. The van der Waals surface area contributed by atoms with E-state index in [-0.39, 0.29) is 35.1 Å². The second kappa shape index (κ2) is 5.62. The molecule has 13 heavy (non-hydrogen) atoms. The monoisotopic (exact) mass is 221 g/mol. The normalized spacial score (nSPS) is 8.62. The van der Waals surface area contributed by atoms with E-state index in [1.807, 2.05) is 0 Å². The zero-order chi connectivity index (χ0) is 9.14. The fourth-order valence-corrected chi connectivity index (χ4v) is 1.12. The number of carbonyl (C=O) groups is 1. The van der Waals surface area contributed by atoms with Crippen molar-refractivity contribution in [2.45, 2.75) is 0 Å². The van der Waals surface area contributed by atoms with Crippen LogP contribution in [0.2, 0.25) is 0 Å². The van der Waals surface area contributed by atoms with Gasteiger partial charge in [-0.05, 0) is 6.07 Å². The first-order valence-electron chi connectivity index (χ1n) is 3.07. The number of carboxylic acids is 1. The van der Waals surface area contributed by atoms with Crippen molar-refractivity contribution in [3.8, 4) is 0 Å². The zero-order valence-electron chi connectivity index (χ0n) is 6.89. The van der Waals surface area contributed by atoms with Crippen molar-refractivity contribution < 1.29 is 42.8 Å². The van der Waals surface area contributed by atoms with Crippen LogP contribution in [0.15, 0.2) is 24.3 Å². The number of hydrogen-bond donors (Lipinski definition) is 0. The molecule has 0 aliphatic carbocycles. The predicted octanol–water partition coefficient (Wildman–Crippen LogP) is -3.11. The Bertz CT molecular complexity index is 310. The van der Waals surface area contributed by atoms with Crippen molar-refractivity contribution in [3.63, 3.8) is 0 Å². The van der Waals surface area contributed by atoms with Crippen molar-refractivity contribution in [1.29, 1.82) is 0 Å². The topological polar surface area (TPSA) is 43.1 Å². The van der Waals surface area contributed by atoms with Crippen LogP contribution >= 0.6 is 0 Å². The Kier molecular flexibility index (Phi) is 5.59. The number of carboxylic acid groups (broad SMARTS) is 1. The van der Waals surface area contributed by atoms with Crippen molar-refractivity contribution in [1.82, 2.24) is 0 Å².